The number of nitrogen functional groups attached to an aromatic ring is 1. The molecule has 5 rings (SSSR count). The van der Waals surface area contributed by atoms with Gasteiger partial charge in [0.05, 0.1) is 19.1 Å². The van der Waals surface area contributed by atoms with Gasteiger partial charge in [-0.2, -0.15) is 0 Å². The lowest BCUT2D eigenvalue weighted by molar-refractivity contribution is -0.961. The van der Waals surface area contributed by atoms with Gasteiger partial charge in [0, 0.05) is 42.0 Å². The van der Waals surface area contributed by atoms with E-state index in [2.05, 4.69) is 19.2 Å². The van der Waals surface area contributed by atoms with E-state index in [1.165, 1.54) is 5.56 Å². The van der Waals surface area contributed by atoms with E-state index < -0.39 is 11.6 Å². The summed E-state index contributed by atoms with van der Waals surface area (Å²) in [6.45, 7) is 0.937. The summed E-state index contributed by atoms with van der Waals surface area (Å²) in [5.41, 5.74) is 6.73. The Morgan fingerprint density at radius 1 is 0.971 bits per heavy atom. The predicted octanol–water partition coefficient (Wildman–Crippen LogP) is 5.04. The predicted molar refractivity (Wildman–Crippen MR) is 138 cm³/mol. The van der Waals surface area contributed by atoms with E-state index in [-0.39, 0.29) is 6.10 Å². The van der Waals surface area contributed by atoms with Gasteiger partial charge < -0.3 is 20.1 Å². The molecule has 3 atom stereocenters. The SMILES string of the molecule is C[N+]1(Cc2ccc(Cl)cc2)C2CCC1CC(OC(=O)C(O)(c1ccccc1)c1ccc(N)cc1)C2. The molecule has 182 valence electrons. The molecule has 0 spiro atoms. The Bertz CT molecular complexity index is 1170. The van der Waals surface area contributed by atoms with Crippen molar-refractivity contribution >= 4 is 23.3 Å². The van der Waals surface area contributed by atoms with Crippen molar-refractivity contribution in [2.45, 2.75) is 56.0 Å². The number of ether oxygens (including phenoxy) is 1. The molecule has 0 radical (unpaired) electrons. The van der Waals surface area contributed by atoms with E-state index in [0.29, 0.717) is 28.9 Å². The number of nitrogens with zero attached hydrogens (tertiary/aromatic N) is 1. The number of rotatable bonds is 6. The van der Waals surface area contributed by atoms with Crippen molar-refractivity contribution in [1.82, 2.24) is 0 Å². The average Bonchev–Trinajstić information content (AvgIpc) is 3.01. The van der Waals surface area contributed by atoms with Crippen molar-refractivity contribution in [3.8, 4) is 0 Å². The molecule has 2 saturated heterocycles. The van der Waals surface area contributed by atoms with Gasteiger partial charge in [-0.15, -0.1) is 0 Å². The molecule has 3 N–H and O–H groups in total. The summed E-state index contributed by atoms with van der Waals surface area (Å²) in [5.74, 6) is -0.633. The standard InChI is InChI=1S/C29H32ClN2O3/c1-32(19-20-7-11-23(30)12-8-20)25-15-16-26(32)18-27(17-25)35-28(33)29(34,21-5-3-2-4-6-21)22-9-13-24(31)14-10-22/h2-14,25-27,34H,15-19,31H2,1H3/q+1. The minimum atomic E-state index is -1.90. The van der Waals surface area contributed by atoms with Crippen LogP contribution in [0.1, 0.15) is 42.4 Å². The summed E-state index contributed by atoms with van der Waals surface area (Å²) in [5, 5.41) is 12.5. The zero-order chi connectivity index (χ0) is 24.6. The number of carbonyl (C=O) groups excluding carboxylic acids is 1. The molecule has 0 saturated carbocycles. The second kappa shape index (κ2) is 9.30. The van der Waals surface area contributed by atoms with Crippen molar-refractivity contribution in [1.29, 1.82) is 0 Å². The average molecular weight is 492 g/mol. The minimum absolute atomic E-state index is 0.222. The molecule has 0 aliphatic carbocycles. The van der Waals surface area contributed by atoms with E-state index in [1.54, 1.807) is 36.4 Å². The monoisotopic (exact) mass is 491 g/mol. The van der Waals surface area contributed by atoms with E-state index in [9.17, 15) is 9.90 Å². The van der Waals surface area contributed by atoms with Crippen LogP contribution in [0, 0.1) is 0 Å². The summed E-state index contributed by atoms with van der Waals surface area (Å²) < 4.78 is 7.04. The Kier molecular flexibility index (Phi) is 6.34. The fourth-order valence-corrected chi connectivity index (χ4v) is 6.20. The van der Waals surface area contributed by atoms with Gasteiger partial charge in [-0.3, -0.25) is 0 Å². The molecule has 5 nitrogen and oxygen atoms in total. The first kappa shape index (κ1) is 23.9. The number of carbonyl (C=O) groups is 1. The Hall–Kier alpha value is -2.86. The van der Waals surface area contributed by atoms with Crippen LogP contribution in [0.25, 0.3) is 0 Å². The normalized spacial score (nSPS) is 27.2. The molecule has 2 heterocycles. The maximum Gasteiger partial charge on any atom is 0.347 e. The Morgan fingerprint density at radius 2 is 1.54 bits per heavy atom. The van der Waals surface area contributed by atoms with Gasteiger partial charge in [0.25, 0.3) is 0 Å². The summed E-state index contributed by atoms with van der Waals surface area (Å²) in [6, 6.07) is 24.6. The molecule has 2 aliphatic rings. The Labute approximate surface area is 211 Å². The zero-order valence-electron chi connectivity index (χ0n) is 19.9. The van der Waals surface area contributed by atoms with Crippen LogP contribution in [-0.4, -0.2) is 40.8 Å². The molecule has 2 bridgehead atoms. The third-order valence-electron chi connectivity index (χ3n) is 8.10. The molecule has 0 amide bonds. The number of halogens is 1. The number of hydrogen-bond donors (Lipinski definition) is 2. The molecule has 0 aromatic heterocycles. The van der Waals surface area contributed by atoms with Gasteiger partial charge in [0.15, 0.2) is 0 Å². The van der Waals surface area contributed by atoms with Crippen molar-refractivity contribution in [3.63, 3.8) is 0 Å². The number of fused-ring (bicyclic) bond motifs is 2. The number of anilines is 1. The first-order valence-electron chi connectivity index (χ1n) is 12.2. The second-order valence-electron chi connectivity index (χ2n) is 10.2. The van der Waals surface area contributed by atoms with Crippen LogP contribution in [0.2, 0.25) is 5.02 Å². The van der Waals surface area contributed by atoms with Crippen molar-refractivity contribution in [2.24, 2.45) is 0 Å². The lowest BCUT2D eigenvalue weighted by Crippen LogP contribution is -2.58. The lowest BCUT2D eigenvalue weighted by atomic mass is 9.86. The summed E-state index contributed by atoms with van der Waals surface area (Å²) in [7, 11) is 2.32. The fourth-order valence-electron chi connectivity index (χ4n) is 6.07. The van der Waals surface area contributed by atoms with E-state index in [0.717, 1.165) is 41.7 Å². The highest BCUT2D eigenvalue weighted by molar-refractivity contribution is 6.30. The molecular weight excluding hydrogens is 460 g/mol. The molecule has 6 heteroatoms. The Morgan fingerprint density at radius 3 is 2.14 bits per heavy atom. The van der Waals surface area contributed by atoms with Gasteiger partial charge >= 0.3 is 5.97 Å². The molecule has 2 aliphatic heterocycles. The van der Waals surface area contributed by atoms with Gasteiger partial charge in [-0.05, 0) is 35.4 Å². The summed E-state index contributed by atoms with van der Waals surface area (Å²) in [6.07, 6.45) is 3.59. The van der Waals surface area contributed by atoms with E-state index in [4.69, 9.17) is 22.1 Å². The van der Waals surface area contributed by atoms with Crippen LogP contribution < -0.4 is 5.73 Å². The third kappa shape index (κ3) is 4.44. The topological polar surface area (TPSA) is 72.5 Å². The molecule has 3 aromatic carbocycles. The highest BCUT2D eigenvalue weighted by Gasteiger charge is 2.53. The first-order chi connectivity index (χ1) is 16.8. The van der Waals surface area contributed by atoms with Gasteiger partial charge in [0.2, 0.25) is 5.60 Å². The van der Waals surface area contributed by atoms with E-state index >= 15 is 0 Å². The third-order valence-corrected chi connectivity index (χ3v) is 8.35. The largest absolute Gasteiger partial charge is 0.459 e. The van der Waals surface area contributed by atoms with Crippen LogP contribution in [0.5, 0.6) is 0 Å². The first-order valence-corrected chi connectivity index (χ1v) is 12.6. The zero-order valence-corrected chi connectivity index (χ0v) is 20.7. The van der Waals surface area contributed by atoms with Gasteiger partial charge in [-0.25, -0.2) is 4.79 Å². The molecular formula is C29H32ClN2O3+. The number of hydrogen-bond acceptors (Lipinski definition) is 4. The van der Waals surface area contributed by atoms with Crippen LogP contribution in [-0.2, 0) is 21.7 Å². The number of aliphatic hydroxyl groups is 1. The summed E-state index contributed by atoms with van der Waals surface area (Å²) in [4.78, 5) is 13.6. The maximum absolute atomic E-state index is 13.6. The quantitative estimate of drug-likeness (QED) is 0.288. The van der Waals surface area contributed by atoms with Gasteiger partial charge in [-0.1, -0.05) is 66.2 Å². The number of piperidine rings is 1. The van der Waals surface area contributed by atoms with Crippen molar-refractivity contribution in [2.75, 3.05) is 12.8 Å². The highest BCUT2D eigenvalue weighted by Crippen LogP contribution is 2.44. The highest BCUT2D eigenvalue weighted by atomic mass is 35.5. The smallest absolute Gasteiger partial charge is 0.347 e. The van der Waals surface area contributed by atoms with Crippen LogP contribution in [0.3, 0.4) is 0 Å². The maximum atomic E-state index is 13.6. The van der Waals surface area contributed by atoms with E-state index in [1.807, 2.05) is 30.3 Å². The van der Waals surface area contributed by atoms with Crippen molar-refractivity contribution in [3.05, 3.63) is 101 Å². The fraction of sp³-hybridized carbons (Fsp3) is 0.345. The molecule has 2 fully saturated rings. The lowest BCUT2D eigenvalue weighted by Gasteiger charge is -2.47. The number of nitrogens with two attached hydrogens (primary N) is 1. The molecule has 3 unspecified atom stereocenters. The van der Waals surface area contributed by atoms with Crippen LogP contribution >= 0.6 is 11.6 Å². The number of benzene rings is 3. The second-order valence-corrected chi connectivity index (χ2v) is 10.7. The van der Waals surface area contributed by atoms with Crippen LogP contribution in [0.15, 0.2) is 78.9 Å². The molecule has 35 heavy (non-hydrogen) atoms. The minimum Gasteiger partial charge on any atom is -0.459 e. The van der Waals surface area contributed by atoms with Crippen LogP contribution in [0.4, 0.5) is 5.69 Å². The summed E-state index contributed by atoms with van der Waals surface area (Å²) >= 11 is 6.08. The van der Waals surface area contributed by atoms with Crippen molar-refractivity contribution < 1.29 is 19.1 Å². The number of quaternary nitrogens is 1. The molecule has 3 aromatic rings. The van der Waals surface area contributed by atoms with Gasteiger partial charge in [0.1, 0.15) is 12.6 Å². The number of esters is 1. The Balaban J connectivity index is 1.36.